The summed E-state index contributed by atoms with van der Waals surface area (Å²) in [6.07, 6.45) is -4.43. The zero-order valence-corrected chi connectivity index (χ0v) is 13.2. The van der Waals surface area contributed by atoms with Crippen LogP contribution in [-0.4, -0.2) is 25.3 Å². The largest absolute Gasteiger partial charge is 0.484 e. The summed E-state index contributed by atoms with van der Waals surface area (Å²) in [5.41, 5.74) is 0.530. The Morgan fingerprint density at radius 1 is 1.04 bits per heavy atom. The second-order valence-electron chi connectivity index (χ2n) is 5.11. The van der Waals surface area contributed by atoms with Crippen LogP contribution in [0.15, 0.2) is 48.5 Å². The lowest BCUT2D eigenvalue weighted by molar-refractivity contribution is -0.153. The third-order valence-corrected chi connectivity index (χ3v) is 3.13. The Balaban J connectivity index is 1.93. The maximum atomic E-state index is 12.4. The summed E-state index contributed by atoms with van der Waals surface area (Å²) in [7, 11) is 0. The van der Waals surface area contributed by atoms with E-state index in [1.165, 1.54) is 48.5 Å². The van der Waals surface area contributed by atoms with E-state index >= 15 is 0 Å². The maximum absolute atomic E-state index is 12.4. The normalized spacial score (nSPS) is 11.3. The maximum Gasteiger partial charge on any atom is 0.422 e. The molecule has 0 bridgehead atoms. The second-order valence-corrected chi connectivity index (χ2v) is 5.11. The van der Waals surface area contributed by atoms with Crippen molar-refractivity contribution in [3.63, 3.8) is 0 Å². The lowest BCUT2D eigenvalue weighted by atomic mass is 10.1. The van der Waals surface area contributed by atoms with E-state index in [0.717, 1.165) is 0 Å². The predicted octanol–water partition coefficient (Wildman–Crippen LogP) is 4.16. The van der Waals surface area contributed by atoms with Crippen molar-refractivity contribution in [1.82, 2.24) is 5.32 Å². The van der Waals surface area contributed by atoms with Crippen molar-refractivity contribution < 1.29 is 36.2 Å². The van der Waals surface area contributed by atoms with Crippen LogP contribution >= 0.6 is 0 Å². The summed E-state index contributed by atoms with van der Waals surface area (Å²) >= 11 is 0. The van der Waals surface area contributed by atoms with Gasteiger partial charge in [0.05, 0.1) is 5.56 Å². The van der Waals surface area contributed by atoms with Crippen molar-refractivity contribution in [2.45, 2.75) is 19.3 Å². The van der Waals surface area contributed by atoms with Gasteiger partial charge < -0.3 is 14.8 Å². The molecule has 1 amide bonds. The molecule has 0 fully saturated rings. The summed E-state index contributed by atoms with van der Waals surface area (Å²) in [4.78, 5) is 12.1. The summed E-state index contributed by atoms with van der Waals surface area (Å²) in [5, 5.41) is 2.52. The van der Waals surface area contributed by atoms with Crippen LogP contribution in [0.4, 0.5) is 22.0 Å². The molecular weight excluding hydrogens is 361 g/mol. The molecule has 0 aliphatic carbocycles. The summed E-state index contributed by atoms with van der Waals surface area (Å²) in [6.45, 7) is -4.42. The van der Waals surface area contributed by atoms with Crippen molar-refractivity contribution in [1.29, 1.82) is 0 Å². The molecule has 4 nitrogen and oxygen atoms in total. The Hall–Kier alpha value is -2.84. The summed E-state index contributed by atoms with van der Waals surface area (Å²) < 4.78 is 69.8. The minimum Gasteiger partial charge on any atom is -0.484 e. The highest BCUT2D eigenvalue weighted by atomic mass is 19.4. The first-order chi connectivity index (χ1) is 12.2. The van der Waals surface area contributed by atoms with Gasteiger partial charge in [0.25, 0.3) is 5.91 Å². The number of ether oxygens (including phenoxy) is 2. The van der Waals surface area contributed by atoms with Gasteiger partial charge in [0, 0.05) is 6.54 Å². The zero-order chi connectivity index (χ0) is 19.2. The lowest BCUT2D eigenvalue weighted by Gasteiger charge is -2.12. The molecule has 0 saturated carbocycles. The molecule has 0 spiro atoms. The van der Waals surface area contributed by atoms with Gasteiger partial charge in [0.1, 0.15) is 11.5 Å². The number of carbonyl (C=O) groups excluding carboxylic acids is 1. The third-order valence-electron chi connectivity index (χ3n) is 3.13. The molecule has 0 atom stereocenters. The van der Waals surface area contributed by atoms with E-state index in [4.69, 9.17) is 0 Å². The average Bonchev–Trinajstić information content (AvgIpc) is 2.58. The quantitative estimate of drug-likeness (QED) is 0.740. The van der Waals surface area contributed by atoms with Gasteiger partial charge in [-0.3, -0.25) is 4.79 Å². The van der Waals surface area contributed by atoms with E-state index in [9.17, 15) is 26.7 Å². The van der Waals surface area contributed by atoms with Gasteiger partial charge in [0.2, 0.25) is 0 Å². The van der Waals surface area contributed by atoms with Crippen molar-refractivity contribution in [3.05, 3.63) is 59.7 Å². The monoisotopic (exact) mass is 375 g/mol. The zero-order valence-electron chi connectivity index (χ0n) is 13.2. The van der Waals surface area contributed by atoms with Gasteiger partial charge in [0.15, 0.2) is 6.61 Å². The van der Waals surface area contributed by atoms with Gasteiger partial charge in [-0.2, -0.15) is 22.0 Å². The minimum atomic E-state index is -4.43. The van der Waals surface area contributed by atoms with E-state index < -0.39 is 25.3 Å². The minimum absolute atomic E-state index is 0.0353. The highest BCUT2D eigenvalue weighted by Crippen LogP contribution is 2.21. The molecule has 2 aromatic carbocycles. The smallest absolute Gasteiger partial charge is 0.422 e. The molecule has 0 aliphatic rings. The molecule has 2 aromatic rings. The molecule has 140 valence electrons. The van der Waals surface area contributed by atoms with E-state index in [1.54, 1.807) is 0 Å². The SMILES string of the molecule is O=C(NCc1ccc(OCC(F)(F)F)cc1)c1ccccc1OC(F)F. The average molecular weight is 375 g/mol. The Bertz CT molecular complexity index is 732. The van der Waals surface area contributed by atoms with Crippen molar-refractivity contribution in [2.75, 3.05) is 6.61 Å². The van der Waals surface area contributed by atoms with Gasteiger partial charge in [-0.25, -0.2) is 0 Å². The van der Waals surface area contributed by atoms with Crippen LogP contribution in [0.2, 0.25) is 0 Å². The molecule has 0 aromatic heterocycles. The van der Waals surface area contributed by atoms with E-state index in [1.807, 2.05) is 0 Å². The number of amides is 1. The van der Waals surface area contributed by atoms with E-state index in [2.05, 4.69) is 14.8 Å². The number of hydrogen-bond acceptors (Lipinski definition) is 3. The number of hydrogen-bond donors (Lipinski definition) is 1. The Morgan fingerprint density at radius 3 is 2.31 bits per heavy atom. The van der Waals surface area contributed by atoms with Crippen LogP contribution in [0.3, 0.4) is 0 Å². The standard InChI is InChI=1S/C17H14F5NO3/c18-16(19)26-14-4-2-1-3-13(14)15(24)23-9-11-5-7-12(8-6-11)25-10-17(20,21)22/h1-8,16H,9-10H2,(H,23,24). The molecule has 0 radical (unpaired) electrons. The van der Waals surface area contributed by atoms with Crippen molar-refractivity contribution >= 4 is 5.91 Å². The van der Waals surface area contributed by atoms with Crippen LogP contribution < -0.4 is 14.8 Å². The second kappa shape index (κ2) is 8.50. The first-order valence-electron chi connectivity index (χ1n) is 7.35. The lowest BCUT2D eigenvalue weighted by Crippen LogP contribution is -2.23. The molecule has 0 aliphatic heterocycles. The first-order valence-corrected chi connectivity index (χ1v) is 7.35. The highest BCUT2D eigenvalue weighted by molar-refractivity contribution is 5.96. The molecule has 9 heteroatoms. The van der Waals surface area contributed by atoms with Crippen LogP contribution in [-0.2, 0) is 6.54 Å². The molecule has 2 rings (SSSR count). The molecule has 26 heavy (non-hydrogen) atoms. The fourth-order valence-corrected chi connectivity index (χ4v) is 2.00. The van der Waals surface area contributed by atoms with Gasteiger partial charge in [-0.15, -0.1) is 0 Å². The molecule has 0 heterocycles. The number of carbonyl (C=O) groups is 1. The van der Waals surface area contributed by atoms with E-state index in [0.29, 0.717) is 5.56 Å². The van der Waals surface area contributed by atoms with Gasteiger partial charge in [-0.05, 0) is 29.8 Å². The number of benzene rings is 2. The summed E-state index contributed by atoms with van der Waals surface area (Å²) in [5.74, 6) is -0.845. The number of rotatable bonds is 7. The highest BCUT2D eigenvalue weighted by Gasteiger charge is 2.28. The number of para-hydroxylation sites is 1. The van der Waals surface area contributed by atoms with E-state index in [-0.39, 0.29) is 23.6 Å². The Kier molecular flexibility index (Phi) is 6.37. The fourth-order valence-electron chi connectivity index (χ4n) is 2.00. The number of halogens is 5. The summed E-state index contributed by atoms with van der Waals surface area (Å²) in [6, 6.07) is 11.2. The van der Waals surface area contributed by atoms with Crippen molar-refractivity contribution in [3.8, 4) is 11.5 Å². The van der Waals surface area contributed by atoms with Crippen LogP contribution in [0.25, 0.3) is 0 Å². The third kappa shape index (κ3) is 6.23. The number of nitrogens with one attached hydrogen (secondary N) is 1. The van der Waals surface area contributed by atoms with Gasteiger partial charge in [-0.1, -0.05) is 24.3 Å². The van der Waals surface area contributed by atoms with Crippen LogP contribution in [0.1, 0.15) is 15.9 Å². The Morgan fingerprint density at radius 2 is 1.69 bits per heavy atom. The molecule has 0 saturated heterocycles. The fraction of sp³-hybridized carbons (Fsp3) is 0.235. The van der Waals surface area contributed by atoms with Crippen LogP contribution in [0, 0.1) is 0 Å². The van der Waals surface area contributed by atoms with Crippen LogP contribution in [0.5, 0.6) is 11.5 Å². The predicted molar refractivity (Wildman–Crippen MR) is 82.2 cm³/mol. The Labute approximate surface area is 145 Å². The topological polar surface area (TPSA) is 47.6 Å². The first kappa shape index (κ1) is 19.5. The van der Waals surface area contributed by atoms with Gasteiger partial charge >= 0.3 is 12.8 Å². The molecule has 1 N–H and O–H groups in total. The number of alkyl halides is 5. The molecule has 0 unspecified atom stereocenters. The van der Waals surface area contributed by atoms with Crippen molar-refractivity contribution in [2.24, 2.45) is 0 Å². The molecular formula is C17H14F5NO3.